The standard InChI is InChI=1S/C16H12F4N2O2S/c1-16(19,20)13(8-11(23)12-6-3-7-25-12)21-22-15(24)14-9(17)4-2-5-10(14)18/h2-7H,8H2,1H3,(H,22,24)/b21-13-. The third-order valence-electron chi connectivity index (χ3n) is 3.11. The second kappa shape index (κ2) is 7.56. The average molecular weight is 372 g/mol. The number of nitrogens with one attached hydrogen (secondary N) is 1. The molecule has 0 aliphatic rings. The number of hydrogen-bond acceptors (Lipinski definition) is 4. The van der Waals surface area contributed by atoms with Gasteiger partial charge in [-0.1, -0.05) is 12.1 Å². The molecule has 9 heteroatoms. The molecule has 0 atom stereocenters. The largest absolute Gasteiger partial charge is 0.293 e. The summed E-state index contributed by atoms with van der Waals surface area (Å²) in [6.45, 7) is 0.503. The number of carbonyl (C=O) groups excluding carboxylic acids is 2. The Labute approximate surface area is 144 Å². The van der Waals surface area contributed by atoms with Gasteiger partial charge in [-0.15, -0.1) is 11.3 Å². The van der Waals surface area contributed by atoms with E-state index in [0.29, 0.717) is 6.92 Å². The molecule has 132 valence electrons. The van der Waals surface area contributed by atoms with Crippen molar-refractivity contribution in [1.82, 2.24) is 5.43 Å². The first-order chi connectivity index (χ1) is 11.7. The van der Waals surface area contributed by atoms with Crippen LogP contribution in [-0.2, 0) is 0 Å². The van der Waals surface area contributed by atoms with E-state index in [-0.39, 0.29) is 4.88 Å². The summed E-state index contributed by atoms with van der Waals surface area (Å²) in [5.74, 6) is -7.77. The number of thiophene rings is 1. The first-order valence-electron chi connectivity index (χ1n) is 6.96. The van der Waals surface area contributed by atoms with Crippen molar-refractivity contribution in [3.63, 3.8) is 0 Å². The van der Waals surface area contributed by atoms with Crippen molar-refractivity contribution in [2.24, 2.45) is 5.10 Å². The van der Waals surface area contributed by atoms with Gasteiger partial charge in [0.05, 0.1) is 11.3 Å². The highest BCUT2D eigenvalue weighted by molar-refractivity contribution is 7.12. The van der Waals surface area contributed by atoms with Crippen LogP contribution in [0.4, 0.5) is 17.6 Å². The van der Waals surface area contributed by atoms with Gasteiger partial charge in [0.1, 0.15) is 22.9 Å². The Bertz CT molecular complexity index is 794. The number of carbonyl (C=O) groups is 2. The fourth-order valence-electron chi connectivity index (χ4n) is 1.86. The van der Waals surface area contributed by atoms with Crippen LogP contribution in [0.25, 0.3) is 0 Å². The van der Waals surface area contributed by atoms with Gasteiger partial charge in [-0.2, -0.15) is 5.10 Å². The monoisotopic (exact) mass is 372 g/mol. The molecule has 0 saturated heterocycles. The van der Waals surface area contributed by atoms with Crippen LogP contribution in [-0.4, -0.2) is 23.3 Å². The van der Waals surface area contributed by atoms with Crippen molar-refractivity contribution in [3.05, 3.63) is 57.8 Å². The minimum Gasteiger partial charge on any atom is -0.293 e. The molecule has 0 fully saturated rings. The smallest absolute Gasteiger partial charge is 0.285 e. The molecule has 0 saturated carbocycles. The molecular formula is C16H12F4N2O2S. The van der Waals surface area contributed by atoms with Crippen molar-refractivity contribution in [2.45, 2.75) is 19.3 Å². The Balaban J connectivity index is 2.21. The SMILES string of the molecule is CC(F)(F)/C(CC(=O)c1cccs1)=N\NC(=O)c1c(F)cccc1F. The lowest BCUT2D eigenvalue weighted by Gasteiger charge is -2.13. The summed E-state index contributed by atoms with van der Waals surface area (Å²) in [5.41, 5.74) is -0.192. The van der Waals surface area contributed by atoms with Crippen molar-refractivity contribution < 1.29 is 27.2 Å². The molecule has 1 aromatic carbocycles. The van der Waals surface area contributed by atoms with E-state index in [9.17, 15) is 27.2 Å². The molecule has 4 nitrogen and oxygen atoms in total. The second-order valence-electron chi connectivity index (χ2n) is 5.06. The van der Waals surface area contributed by atoms with Crippen LogP contribution >= 0.6 is 11.3 Å². The summed E-state index contributed by atoms with van der Waals surface area (Å²) in [6, 6.07) is 5.79. The number of benzene rings is 1. The van der Waals surface area contributed by atoms with E-state index < -0.39 is 46.9 Å². The minimum atomic E-state index is -3.51. The second-order valence-corrected chi connectivity index (χ2v) is 6.01. The lowest BCUT2D eigenvalue weighted by Crippen LogP contribution is -2.31. The van der Waals surface area contributed by atoms with Crippen LogP contribution in [0.1, 0.15) is 33.4 Å². The average Bonchev–Trinajstić information content (AvgIpc) is 3.04. The number of nitrogens with zero attached hydrogens (tertiary/aromatic N) is 1. The summed E-state index contributed by atoms with van der Waals surface area (Å²) in [6.07, 6.45) is -0.746. The highest BCUT2D eigenvalue weighted by Crippen LogP contribution is 2.20. The van der Waals surface area contributed by atoms with Gasteiger partial charge < -0.3 is 0 Å². The molecule has 1 N–H and O–H groups in total. The van der Waals surface area contributed by atoms with E-state index in [4.69, 9.17) is 0 Å². The summed E-state index contributed by atoms with van der Waals surface area (Å²) in [5, 5.41) is 4.83. The number of hydrogen-bond donors (Lipinski definition) is 1. The summed E-state index contributed by atoms with van der Waals surface area (Å²) in [7, 11) is 0. The number of hydrazone groups is 1. The van der Waals surface area contributed by atoms with Gasteiger partial charge in [0.15, 0.2) is 5.78 Å². The summed E-state index contributed by atoms with van der Waals surface area (Å²) < 4.78 is 54.3. The zero-order valence-corrected chi connectivity index (χ0v) is 13.7. The Morgan fingerprint density at radius 1 is 1.16 bits per heavy atom. The topological polar surface area (TPSA) is 58.5 Å². The Kier molecular flexibility index (Phi) is 5.68. The van der Waals surface area contributed by atoms with Gasteiger partial charge in [0.25, 0.3) is 11.8 Å². The number of Topliss-reactive ketones (excluding diaryl/α,β-unsaturated/α-hetero) is 1. The van der Waals surface area contributed by atoms with E-state index in [2.05, 4.69) is 5.10 Å². The molecule has 2 rings (SSSR count). The zero-order valence-electron chi connectivity index (χ0n) is 12.9. The molecular weight excluding hydrogens is 360 g/mol. The van der Waals surface area contributed by atoms with Gasteiger partial charge in [0.2, 0.25) is 0 Å². The molecule has 0 unspecified atom stereocenters. The van der Waals surface area contributed by atoms with Crippen LogP contribution in [0, 0.1) is 11.6 Å². The first-order valence-corrected chi connectivity index (χ1v) is 7.84. The maximum Gasteiger partial charge on any atom is 0.285 e. The van der Waals surface area contributed by atoms with E-state index in [1.54, 1.807) is 16.9 Å². The van der Waals surface area contributed by atoms with Gasteiger partial charge in [0, 0.05) is 6.92 Å². The quantitative estimate of drug-likeness (QED) is 0.360. The highest BCUT2D eigenvalue weighted by Gasteiger charge is 2.32. The third kappa shape index (κ3) is 4.72. The number of amides is 1. The van der Waals surface area contributed by atoms with E-state index in [0.717, 1.165) is 29.5 Å². The molecule has 0 spiro atoms. The van der Waals surface area contributed by atoms with Crippen LogP contribution in [0.5, 0.6) is 0 Å². The van der Waals surface area contributed by atoms with Gasteiger partial charge in [-0.25, -0.2) is 23.0 Å². The van der Waals surface area contributed by atoms with Crippen LogP contribution in [0.3, 0.4) is 0 Å². The van der Waals surface area contributed by atoms with Crippen LogP contribution < -0.4 is 5.43 Å². The molecule has 0 aliphatic heterocycles. The fraction of sp³-hybridized carbons (Fsp3) is 0.188. The predicted molar refractivity (Wildman–Crippen MR) is 85.1 cm³/mol. The summed E-state index contributed by atoms with van der Waals surface area (Å²) >= 11 is 1.07. The molecule has 0 aliphatic carbocycles. The first kappa shape index (κ1) is 18.8. The van der Waals surface area contributed by atoms with Gasteiger partial charge in [-0.05, 0) is 23.6 Å². The Hall–Kier alpha value is -2.55. The molecule has 0 radical (unpaired) electrons. The third-order valence-corrected chi connectivity index (χ3v) is 4.02. The van der Waals surface area contributed by atoms with Crippen molar-refractivity contribution >= 4 is 28.7 Å². The van der Waals surface area contributed by atoms with Crippen molar-refractivity contribution in [3.8, 4) is 0 Å². The van der Waals surface area contributed by atoms with E-state index >= 15 is 0 Å². The van der Waals surface area contributed by atoms with Gasteiger partial charge >= 0.3 is 0 Å². The number of halogens is 4. The van der Waals surface area contributed by atoms with E-state index in [1.165, 1.54) is 6.07 Å². The Morgan fingerprint density at radius 2 is 1.80 bits per heavy atom. The molecule has 0 bridgehead atoms. The fourth-order valence-corrected chi connectivity index (χ4v) is 2.52. The molecule has 1 heterocycles. The Morgan fingerprint density at radius 3 is 2.32 bits per heavy atom. The van der Waals surface area contributed by atoms with E-state index in [1.807, 2.05) is 0 Å². The highest BCUT2D eigenvalue weighted by atomic mass is 32.1. The van der Waals surface area contributed by atoms with Crippen LogP contribution in [0.15, 0.2) is 40.8 Å². The normalized spacial score (nSPS) is 12.1. The lowest BCUT2D eigenvalue weighted by atomic mass is 10.1. The lowest BCUT2D eigenvalue weighted by molar-refractivity contribution is 0.0878. The number of alkyl halides is 2. The molecule has 25 heavy (non-hydrogen) atoms. The van der Waals surface area contributed by atoms with Gasteiger partial charge in [-0.3, -0.25) is 9.59 Å². The molecule has 1 aromatic heterocycles. The maximum absolute atomic E-state index is 13.6. The minimum absolute atomic E-state index is 0.253. The molecule has 2 aromatic rings. The molecule has 1 amide bonds. The predicted octanol–water partition coefficient (Wildman–Crippen LogP) is 4.04. The maximum atomic E-state index is 13.6. The van der Waals surface area contributed by atoms with Crippen LogP contribution in [0.2, 0.25) is 0 Å². The number of rotatable bonds is 6. The van der Waals surface area contributed by atoms with Crippen molar-refractivity contribution in [1.29, 1.82) is 0 Å². The van der Waals surface area contributed by atoms with Crippen molar-refractivity contribution in [2.75, 3.05) is 0 Å². The zero-order chi connectivity index (χ0) is 18.6. The summed E-state index contributed by atoms with van der Waals surface area (Å²) in [4.78, 5) is 24.0. The number of ketones is 1.